The van der Waals surface area contributed by atoms with Crippen molar-refractivity contribution in [2.24, 2.45) is 0 Å². The van der Waals surface area contributed by atoms with Gasteiger partial charge in [-0.15, -0.1) is 11.3 Å². The van der Waals surface area contributed by atoms with Crippen molar-refractivity contribution < 1.29 is 4.79 Å². The van der Waals surface area contributed by atoms with Crippen LogP contribution in [0.25, 0.3) is 10.2 Å². The first-order valence-corrected chi connectivity index (χ1v) is 9.30. The summed E-state index contributed by atoms with van der Waals surface area (Å²) in [6.45, 7) is 2.68. The van der Waals surface area contributed by atoms with E-state index < -0.39 is 0 Å². The number of thiazole rings is 1. The lowest BCUT2D eigenvalue weighted by molar-refractivity contribution is -0.126. The molecule has 0 saturated heterocycles. The van der Waals surface area contributed by atoms with E-state index in [1.807, 2.05) is 32.2 Å². The quantitative estimate of drug-likeness (QED) is 0.911. The second-order valence-corrected chi connectivity index (χ2v) is 7.63. The monoisotopic (exact) mass is 331 g/mol. The van der Waals surface area contributed by atoms with Gasteiger partial charge in [0.2, 0.25) is 5.91 Å². The number of nitrogens with one attached hydrogen (secondary N) is 1. The Kier molecular flexibility index (Phi) is 5.28. The molecule has 1 aromatic heterocycles. The van der Waals surface area contributed by atoms with Crippen LogP contribution in [-0.4, -0.2) is 34.9 Å². The van der Waals surface area contributed by atoms with Crippen molar-refractivity contribution in [3.63, 3.8) is 0 Å². The fourth-order valence-corrected chi connectivity index (χ4v) is 4.14. The largest absolute Gasteiger partial charge is 0.352 e. The summed E-state index contributed by atoms with van der Waals surface area (Å²) in [5, 5.41) is 4.28. The number of aromatic nitrogens is 1. The summed E-state index contributed by atoms with van der Waals surface area (Å²) in [5.74, 6) is 0.139. The number of fused-ring (bicyclic) bond motifs is 1. The molecule has 1 heterocycles. The molecule has 0 radical (unpaired) electrons. The van der Waals surface area contributed by atoms with Crippen molar-refractivity contribution in [3.8, 4) is 0 Å². The van der Waals surface area contributed by atoms with Gasteiger partial charge in [0.15, 0.2) is 0 Å². The van der Waals surface area contributed by atoms with Crippen LogP contribution in [0, 0.1) is 0 Å². The third kappa shape index (κ3) is 4.09. The van der Waals surface area contributed by atoms with Gasteiger partial charge >= 0.3 is 0 Å². The van der Waals surface area contributed by atoms with Crippen LogP contribution >= 0.6 is 11.3 Å². The van der Waals surface area contributed by atoms with Gasteiger partial charge in [0.1, 0.15) is 5.01 Å². The molecule has 1 fully saturated rings. The van der Waals surface area contributed by atoms with Crippen LogP contribution in [0.3, 0.4) is 0 Å². The molecular weight excluding hydrogens is 306 g/mol. The molecule has 1 aliphatic rings. The first kappa shape index (κ1) is 16.4. The van der Waals surface area contributed by atoms with Crippen LogP contribution in [0.2, 0.25) is 0 Å². The summed E-state index contributed by atoms with van der Waals surface area (Å²) < 4.78 is 1.20. The molecule has 0 bridgehead atoms. The molecule has 1 aromatic carbocycles. The zero-order valence-electron chi connectivity index (χ0n) is 13.9. The summed E-state index contributed by atoms with van der Waals surface area (Å²) in [4.78, 5) is 19.2. The second-order valence-electron chi connectivity index (χ2n) is 6.51. The number of benzene rings is 1. The molecule has 5 heteroatoms. The van der Waals surface area contributed by atoms with E-state index in [9.17, 15) is 4.79 Å². The SMILES string of the molecule is CC(C(=O)NC1CCCCC1)N(C)Cc1nc2ccccc2s1. The zero-order valence-corrected chi connectivity index (χ0v) is 14.7. The summed E-state index contributed by atoms with van der Waals surface area (Å²) in [6, 6.07) is 8.41. The van der Waals surface area contributed by atoms with Crippen LogP contribution in [-0.2, 0) is 11.3 Å². The highest BCUT2D eigenvalue weighted by Crippen LogP contribution is 2.23. The molecule has 1 aliphatic carbocycles. The van der Waals surface area contributed by atoms with Gasteiger partial charge in [0, 0.05) is 6.04 Å². The maximum Gasteiger partial charge on any atom is 0.237 e. The highest BCUT2D eigenvalue weighted by molar-refractivity contribution is 7.18. The molecular formula is C18H25N3OS. The van der Waals surface area contributed by atoms with Crippen LogP contribution < -0.4 is 5.32 Å². The minimum Gasteiger partial charge on any atom is -0.352 e. The van der Waals surface area contributed by atoms with E-state index >= 15 is 0 Å². The summed E-state index contributed by atoms with van der Waals surface area (Å²) >= 11 is 1.71. The van der Waals surface area contributed by atoms with E-state index in [0.29, 0.717) is 12.6 Å². The minimum absolute atomic E-state index is 0.135. The number of likely N-dealkylation sites (N-methyl/N-ethyl adjacent to an activating group) is 1. The Morgan fingerprint density at radius 3 is 2.83 bits per heavy atom. The third-order valence-corrected chi connectivity index (χ3v) is 5.74. The highest BCUT2D eigenvalue weighted by Gasteiger charge is 2.23. The number of carbonyl (C=O) groups is 1. The van der Waals surface area contributed by atoms with Crippen molar-refractivity contribution in [2.45, 2.75) is 57.7 Å². The van der Waals surface area contributed by atoms with Gasteiger partial charge in [-0.3, -0.25) is 9.69 Å². The lowest BCUT2D eigenvalue weighted by Gasteiger charge is -2.28. The first-order chi connectivity index (χ1) is 11.1. The molecule has 0 aliphatic heterocycles. The van der Waals surface area contributed by atoms with Crippen molar-refractivity contribution in [1.29, 1.82) is 0 Å². The molecule has 124 valence electrons. The van der Waals surface area contributed by atoms with E-state index in [1.54, 1.807) is 11.3 Å². The summed E-state index contributed by atoms with van der Waals surface area (Å²) in [5.41, 5.74) is 1.04. The molecule has 1 amide bonds. The van der Waals surface area contributed by atoms with E-state index in [-0.39, 0.29) is 11.9 Å². The van der Waals surface area contributed by atoms with E-state index in [4.69, 9.17) is 0 Å². The second kappa shape index (κ2) is 7.41. The van der Waals surface area contributed by atoms with Crippen molar-refractivity contribution in [2.75, 3.05) is 7.05 Å². The Morgan fingerprint density at radius 2 is 2.09 bits per heavy atom. The van der Waals surface area contributed by atoms with Crippen LogP contribution in [0.15, 0.2) is 24.3 Å². The Bertz CT molecular complexity index is 630. The summed E-state index contributed by atoms with van der Waals surface area (Å²) in [6.07, 6.45) is 6.03. The number of amides is 1. The summed E-state index contributed by atoms with van der Waals surface area (Å²) in [7, 11) is 2.00. The van der Waals surface area contributed by atoms with Gasteiger partial charge in [-0.05, 0) is 38.9 Å². The van der Waals surface area contributed by atoms with Crippen LogP contribution in [0.4, 0.5) is 0 Å². The lowest BCUT2D eigenvalue weighted by atomic mass is 9.95. The van der Waals surface area contributed by atoms with Gasteiger partial charge in [0.05, 0.1) is 22.8 Å². The van der Waals surface area contributed by atoms with Gasteiger partial charge < -0.3 is 5.32 Å². The highest BCUT2D eigenvalue weighted by atomic mass is 32.1. The standard InChI is InChI=1S/C18H25N3OS/c1-13(18(22)19-14-8-4-3-5-9-14)21(2)12-17-20-15-10-6-7-11-16(15)23-17/h6-7,10-11,13-14H,3-5,8-9,12H2,1-2H3,(H,19,22). The molecule has 0 spiro atoms. The maximum atomic E-state index is 12.4. The Hall–Kier alpha value is -1.46. The average molecular weight is 331 g/mol. The smallest absolute Gasteiger partial charge is 0.237 e. The number of para-hydroxylation sites is 1. The van der Waals surface area contributed by atoms with Crippen molar-refractivity contribution in [1.82, 2.24) is 15.2 Å². The molecule has 1 saturated carbocycles. The third-order valence-electron chi connectivity index (χ3n) is 4.71. The molecule has 1 unspecified atom stereocenters. The number of hydrogen-bond acceptors (Lipinski definition) is 4. The normalized spacial score (nSPS) is 17.5. The number of nitrogens with zero attached hydrogens (tertiary/aromatic N) is 2. The number of carbonyl (C=O) groups excluding carboxylic acids is 1. The molecule has 23 heavy (non-hydrogen) atoms. The van der Waals surface area contributed by atoms with Crippen LogP contribution in [0.1, 0.15) is 44.0 Å². The fraction of sp³-hybridized carbons (Fsp3) is 0.556. The Balaban J connectivity index is 1.57. The minimum atomic E-state index is -0.135. The van der Waals surface area contributed by atoms with E-state index in [1.165, 1.54) is 24.0 Å². The van der Waals surface area contributed by atoms with Crippen LogP contribution in [0.5, 0.6) is 0 Å². The van der Waals surface area contributed by atoms with Gasteiger partial charge in [-0.2, -0.15) is 0 Å². The number of rotatable bonds is 5. The first-order valence-electron chi connectivity index (χ1n) is 8.48. The predicted octanol–water partition coefficient (Wildman–Crippen LogP) is 3.57. The van der Waals surface area contributed by atoms with Gasteiger partial charge in [0.25, 0.3) is 0 Å². The molecule has 1 N–H and O–H groups in total. The molecule has 2 aromatic rings. The molecule has 3 rings (SSSR count). The number of hydrogen-bond donors (Lipinski definition) is 1. The Labute approximate surface area is 141 Å². The van der Waals surface area contributed by atoms with Crippen molar-refractivity contribution >= 4 is 27.5 Å². The topological polar surface area (TPSA) is 45.2 Å². The fourth-order valence-electron chi connectivity index (χ4n) is 3.11. The lowest BCUT2D eigenvalue weighted by Crippen LogP contribution is -2.47. The average Bonchev–Trinajstić information content (AvgIpc) is 2.97. The van der Waals surface area contributed by atoms with E-state index in [0.717, 1.165) is 23.4 Å². The zero-order chi connectivity index (χ0) is 16.2. The van der Waals surface area contributed by atoms with E-state index in [2.05, 4.69) is 21.3 Å². The molecule has 4 nitrogen and oxygen atoms in total. The Morgan fingerprint density at radius 1 is 1.35 bits per heavy atom. The molecule has 1 atom stereocenters. The van der Waals surface area contributed by atoms with Gasteiger partial charge in [-0.1, -0.05) is 31.4 Å². The maximum absolute atomic E-state index is 12.4. The van der Waals surface area contributed by atoms with Crippen molar-refractivity contribution in [3.05, 3.63) is 29.3 Å². The van der Waals surface area contributed by atoms with Gasteiger partial charge in [-0.25, -0.2) is 4.98 Å². The predicted molar refractivity (Wildman–Crippen MR) is 95.6 cm³/mol.